The van der Waals surface area contributed by atoms with Crippen LogP contribution in [0.15, 0.2) is 18.2 Å². The molecule has 104 valence electrons. The summed E-state index contributed by atoms with van der Waals surface area (Å²) in [6.45, 7) is 1.90. The number of ether oxygens (including phenoxy) is 2. The number of halogens is 2. The number of rotatable bonds is 3. The lowest BCUT2D eigenvalue weighted by molar-refractivity contribution is -0.286. The quantitative estimate of drug-likeness (QED) is 0.736. The molecular weight excluding hydrogens is 278 g/mol. The van der Waals surface area contributed by atoms with E-state index in [0.717, 1.165) is 0 Å². The van der Waals surface area contributed by atoms with Crippen molar-refractivity contribution in [3.63, 3.8) is 0 Å². The van der Waals surface area contributed by atoms with Gasteiger partial charge in [-0.05, 0) is 31.3 Å². The molecule has 0 saturated carbocycles. The zero-order valence-electron chi connectivity index (χ0n) is 9.94. The van der Waals surface area contributed by atoms with Crippen molar-refractivity contribution >= 4 is 23.0 Å². The highest BCUT2D eigenvalue weighted by molar-refractivity contribution is 7.80. The Hall–Kier alpha value is -1.67. The number of alkyl halides is 2. The molecule has 1 aromatic rings. The van der Waals surface area contributed by atoms with Crippen molar-refractivity contribution in [2.75, 3.05) is 11.9 Å². The smallest absolute Gasteiger partial charge is 0.395 e. The van der Waals surface area contributed by atoms with Gasteiger partial charge in [0.2, 0.25) is 0 Å². The molecule has 1 heterocycles. The average Bonchev–Trinajstić information content (AvgIpc) is 2.59. The SMILES string of the molecule is CC(O)CNC(=S)Nc1ccc2c(c1)OC(F)(F)O2. The number of nitrogens with one attached hydrogen (secondary N) is 2. The van der Waals surface area contributed by atoms with Crippen LogP contribution in [0.4, 0.5) is 14.5 Å². The highest BCUT2D eigenvalue weighted by atomic mass is 32.1. The van der Waals surface area contributed by atoms with Crippen molar-refractivity contribution in [2.45, 2.75) is 19.3 Å². The van der Waals surface area contributed by atoms with Crippen molar-refractivity contribution in [1.82, 2.24) is 5.32 Å². The van der Waals surface area contributed by atoms with Crippen molar-refractivity contribution in [3.05, 3.63) is 18.2 Å². The van der Waals surface area contributed by atoms with Crippen LogP contribution in [0, 0.1) is 0 Å². The molecule has 0 bridgehead atoms. The molecule has 2 rings (SSSR count). The Balaban J connectivity index is 1.98. The van der Waals surface area contributed by atoms with Gasteiger partial charge in [0.05, 0.1) is 6.10 Å². The molecule has 0 saturated heterocycles. The minimum absolute atomic E-state index is 0.0293. The molecule has 0 aliphatic carbocycles. The lowest BCUT2D eigenvalue weighted by Crippen LogP contribution is -2.33. The monoisotopic (exact) mass is 290 g/mol. The Morgan fingerprint density at radius 2 is 2.11 bits per heavy atom. The van der Waals surface area contributed by atoms with Crippen molar-refractivity contribution in [1.29, 1.82) is 0 Å². The normalized spacial score (nSPS) is 16.8. The first kappa shape index (κ1) is 13.8. The summed E-state index contributed by atoms with van der Waals surface area (Å²) >= 11 is 4.97. The minimum atomic E-state index is -3.63. The van der Waals surface area contributed by atoms with E-state index in [1.54, 1.807) is 6.92 Å². The van der Waals surface area contributed by atoms with Gasteiger partial charge in [-0.25, -0.2) is 0 Å². The third-order valence-electron chi connectivity index (χ3n) is 2.22. The van der Waals surface area contributed by atoms with E-state index in [0.29, 0.717) is 5.69 Å². The highest BCUT2D eigenvalue weighted by Gasteiger charge is 2.43. The summed E-state index contributed by atoms with van der Waals surface area (Å²) in [6, 6.07) is 4.24. The maximum Gasteiger partial charge on any atom is 0.586 e. The van der Waals surface area contributed by atoms with Crippen LogP contribution in [0.3, 0.4) is 0 Å². The average molecular weight is 290 g/mol. The first-order valence-electron chi connectivity index (χ1n) is 5.48. The van der Waals surface area contributed by atoms with E-state index < -0.39 is 12.4 Å². The molecule has 1 aromatic carbocycles. The number of hydrogen-bond acceptors (Lipinski definition) is 4. The van der Waals surface area contributed by atoms with Crippen molar-refractivity contribution < 1.29 is 23.4 Å². The third-order valence-corrected chi connectivity index (χ3v) is 2.46. The second-order valence-electron chi connectivity index (χ2n) is 4.01. The van der Waals surface area contributed by atoms with Gasteiger partial charge < -0.3 is 25.2 Å². The Kier molecular flexibility index (Phi) is 3.72. The molecule has 1 atom stereocenters. The predicted octanol–water partition coefficient (Wildman–Crippen LogP) is 1.68. The number of fused-ring (bicyclic) bond motifs is 1. The molecule has 1 unspecified atom stereocenters. The summed E-state index contributed by atoms with van der Waals surface area (Å²) in [7, 11) is 0. The van der Waals surface area contributed by atoms with Gasteiger partial charge in [-0.3, -0.25) is 0 Å². The fourth-order valence-electron chi connectivity index (χ4n) is 1.44. The fourth-order valence-corrected chi connectivity index (χ4v) is 1.64. The molecule has 1 aliphatic heterocycles. The molecular formula is C11H12F2N2O3S. The van der Waals surface area contributed by atoms with Crippen molar-refractivity contribution in [2.24, 2.45) is 0 Å². The van der Waals surface area contributed by atoms with Crippen LogP contribution >= 0.6 is 12.2 Å². The lowest BCUT2D eigenvalue weighted by Gasteiger charge is -2.11. The van der Waals surface area contributed by atoms with Crippen LogP contribution in [0.1, 0.15) is 6.92 Å². The Bertz CT molecular complexity index is 497. The fraction of sp³-hybridized carbons (Fsp3) is 0.364. The lowest BCUT2D eigenvalue weighted by atomic mass is 10.3. The van der Waals surface area contributed by atoms with Crippen LogP contribution in [-0.4, -0.2) is 29.2 Å². The van der Waals surface area contributed by atoms with E-state index in [9.17, 15) is 8.78 Å². The van der Waals surface area contributed by atoms with E-state index in [4.69, 9.17) is 17.3 Å². The van der Waals surface area contributed by atoms with Gasteiger partial charge in [0, 0.05) is 18.3 Å². The van der Waals surface area contributed by atoms with Crippen LogP contribution in [0.2, 0.25) is 0 Å². The summed E-state index contributed by atoms with van der Waals surface area (Å²) in [5.74, 6) is -0.0910. The summed E-state index contributed by atoms with van der Waals surface area (Å²) in [5, 5.41) is 14.9. The van der Waals surface area contributed by atoms with Crippen LogP contribution < -0.4 is 20.1 Å². The largest absolute Gasteiger partial charge is 0.586 e. The summed E-state index contributed by atoms with van der Waals surface area (Å²) in [5.41, 5.74) is 0.475. The van der Waals surface area contributed by atoms with Gasteiger partial charge in [-0.2, -0.15) is 0 Å². The Labute approximate surface area is 113 Å². The summed E-state index contributed by atoms with van der Waals surface area (Å²) < 4.78 is 34.2. The summed E-state index contributed by atoms with van der Waals surface area (Å²) in [4.78, 5) is 0. The standard InChI is InChI=1S/C11H12F2N2O3S/c1-6(16)5-14-10(19)15-7-2-3-8-9(4-7)18-11(12,13)17-8/h2-4,6,16H,5H2,1H3,(H2,14,15,19). The zero-order chi connectivity index (χ0) is 14.0. The van der Waals surface area contributed by atoms with Gasteiger partial charge in [0.1, 0.15) is 0 Å². The van der Waals surface area contributed by atoms with Crippen LogP contribution in [-0.2, 0) is 0 Å². The maximum atomic E-state index is 12.8. The maximum absolute atomic E-state index is 12.8. The van der Waals surface area contributed by atoms with Crippen molar-refractivity contribution in [3.8, 4) is 11.5 Å². The van der Waals surface area contributed by atoms with E-state index in [1.165, 1.54) is 18.2 Å². The van der Waals surface area contributed by atoms with Crippen LogP contribution in [0.5, 0.6) is 11.5 Å². The highest BCUT2D eigenvalue weighted by Crippen LogP contribution is 2.42. The van der Waals surface area contributed by atoms with E-state index in [2.05, 4.69) is 20.1 Å². The molecule has 1 aliphatic rings. The molecule has 19 heavy (non-hydrogen) atoms. The van der Waals surface area contributed by atoms with Gasteiger partial charge in [0.15, 0.2) is 16.6 Å². The van der Waals surface area contributed by atoms with E-state index in [1.807, 2.05) is 0 Å². The Morgan fingerprint density at radius 1 is 1.42 bits per heavy atom. The second-order valence-corrected chi connectivity index (χ2v) is 4.42. The first-order valence-corrected chi connectivity index (χ1v) is 5.89. The first-order chi connectivity index (χ1) is 8.85. The molecule has 0 radical (unpaired) electrons. The second kappa shape index (κ2) is 5.14. The summed E-state index contributed by atoms with van der Waals surface area (Å²) in [6.07, 6.45) is -4.18. The molecule has 0 fully saturated rings. The number of anilines is 1. The van der Waals surface area contributed by atoms with E-state index >= 15 is 0 Å². The number of aliphatic hydroxyl groups is 1. The van der Waals surface area contributed by atoms with Gasteiger partial charge in [-0.15, -0.1) is 8.78 Å². The van der Waals surface area contributed by atoms with Gasteiger partial charge in [-0.1, -0.05) is 0 Å². The van der Waals surface area contributed by atoms with Gasteiger partial charge in [0.25, 0.3) is 0 Å². The van der Waals surface area contributed by atoms with Crippen LogP contribution in [0.25, 0.3) is 0 Å². The minimum Gasteiger partial charge on any atom is -0.395 e. The zero-order valence-corrected chi connectivity index (χ0v) is 10.8. The number of thiocarbonyl (C=S) groups is 1. The number of hydrogen-bond donors (Lipinski definition) is 3. The molecule has 5 nitrogen and oxygen atoms in total. The third kappa shape index (κ3) is 3.65. The Morgan fingerprint density at radius 3 is 2.79 bits per heavy atom. The topological polar surface area (TPSA) is 62.8 Å². The molecule has 8 heteroatoms. The number of aliphatic hydroxyl groups excluding tert-OH is 1. The van der Waals surface area contributed by atoms with E-state index in [-0.39, 0.29) is 23.2 Å². The molecule has 0 aromatic heterocycles. The number of benzene rings is 1. The molecule has 0 spiro atoms. The molecule has 0 amide bonds. The van der Waals surface area contributed by atoms with Gasteiger partial charge >= 0.3 is 6.29 Å². The molecule has 3 N–H and O–H groups in total. The predicted molar refractivity (Wildman–Crippen MR) is 68.5 cm³/mol.